The van der Waals surface area contributed by atoms with Crippen molar-refractivity contribution in [3.63, 3.8) is 0 Å². The summed E-state index contributed by atoms with van der Waals surface area (Å²) in [5.74, 6) is 1.09. The zero-order valence-corrected chi connectivity index (χ0v) is 16.4. The van der Waals surface area contributed by atoms with Gasteiger partial charge < -0.3 is 4.90 Å². The molecular formula is C23H21NS2. The van der Waals surface area contributed by atoms with Crippen LogP contribution in [0.1, 0.15) is 18.1 Å². The number of nitrogens with zero attached hydrogens (tertiary/aromatic N) is 1. The van der Waals surface area contributed by atoms with E-state index in [1.165, 1.54) is 31.6 Å². The van der Waals surface area contributed by atoms with Crippen molar-refractivity contribution in [1.29, 1.82) is 0 Å². The van der Waals surface area contributed by atoms with Crippen LogP contribution >= 0.6 is 23.5 Å². The second-order valence-corrected chi connectivity index (χ2v) is 8.59. The molecule has 0 saturated carbocycles. The van der Waals surface area contributed by atoms with E-state index in [4.69, 9.17) is 0 Å². The monoisotopic (exact) mass is 375 g/mol. The summed E-state index contributed by atoms with van der Waals surface area (Å²) >= 11 is 3.76. The molecule has 0 fully saturated rings. The fraction of sp³-hybridized carbons (Fsp3) is 0.130. The number of hydrogen-bond acceptors (Lipinski definition) is 3. The van der Waals surface area contributed by atoms with E-state index >= 15 is 0 Å². The minimum absolute atomic E-state index is 0.863. The van der Waals surface area contributed by atoms with Crippen LogP contribution in [-0.4, -0.2) is 5.75 Å². The lowest BCUT2D eigenvalue weighted by Crippen LogP contribution is -2.20. The molecule has 0 aromatic heterocycles. The minimum atomic E-state index is 0.863. The Morgan fingerprint density at radius 1 is 0.962 bits per heavy atom. The number of fused-ring (bicyclic) bond motifs is 2. The van der Waals surface area contributed by atoms with Crippen LogP contribution in [0, 0.1) is 0 Å². The Balaban J connectivity index is 1.76. The van der Waals surface area contributed by atoms with E-state index in [0.717, 1.165) is 17.9 Å². The molecule has 0 spiro atoms. The molecule has 4 rings (SSSR count). The summed E-state index contributed by atoms with van der Waals surface area (Å²) in [5.41, 5.74) is 5.05. The van der Waals surface area contributed by atoms with Crippen molar-refractivity contribution in [1.82, 2.24) is 0 Å². The molecule has 1 aliphatic heterocycles. The quantitative estimate of drug-likeness (QED) is 0.433. The largest absolute Gasteiger partial charge is 0.335 e. The molecule has 0 bridgehead atoms. The molecule has 0 N–H and O–H groups in total. The highest BCUT2D eigenvalue weighted by molar-refractivity contribution is 8.00. The molecule has 1 aliphatic rings. The Morgan fingerprint density at radius 3 is 2.50 bits per heavy atom. The predicted molar refractivity (Wildman–Crippen MR) is 116 cm³/mol. The molecule has 0 aliphatic carbocycles. The second kappa shape index (κ2) is 7.65. The molecular weight excluding hydrogens is 354 g/mol. The number of benzene rings is 3. The van der Waals surface area contributed by atoms with Crippen LogP contribution in [0.5, 0.6) is 0 Å². The van der Waals surface area contributed by atoms with E-state index in [9.17, 15) is 0 Å². The van der Waals surface area contributed by atoms with Crippen LogP contribution in [0.2, 0.25) is 0 Å². The summed E-state index contributed by atoms with van der Waals surface area (Å²) in [5, 5.41) is 0. The summed E-state index contributed by atoms with van der Waals surface area (Å²) in [6.45, 7) is 6.91. The van der Waals surface area contributed by atoms with E-state index in [1.807, 2.05) is 29.6 Å². The molecule has 1 heterocycles. The number of anilines is 2. The zero-order chi connectivity index (χ0) is 17.9. The SMILES string of the molecule is C=Cc1ccc(CN2c3ccccc3Sc3ccc(SCC)cc32)cc1. The van der Waals surface area contributed by atoms with E-state index in [0.29, 0.717) is 0 Å². The summed E-state index contributed by atoms with van der Waals surface area (Å²) in [4.78, 5) is 6.42. The smallest absolute Gasteiger partial charge is 0.0567 e. The first-order valence-corrected chi connectivity index (χ1v) is 10.6. The van der Waals surface area contributed by atoms with Crippen LogP contribution in [0.25, 0.3) is 6.08 Å². The third-order valence-corrected chi connectivity index (χ3v) is 6.47. The normalized spacial score (nSPS) is 12.4. The lowest BCUT2D eigenvalue weighted by molar-refractivity contribution is 0.934. The average Bonchev–Trinajstić information content (AvgIpc) is 2.69. The van der Waals surface area contributed by atoms with Gasteiger partial charge in [-0.2, -0.15) is 0 Å². The van der Waals surface area contributed by atoms with E-state index < -0.39 is 0 Å². The van der Waals surface area contributed by atoms with Crippen molar-refractivity contribution in [3.8, 4) is 0 Å². The minimum Gasteiger partial charge on any atom is -0.335 e. The first-order chi connectivity index (χ1) is 12.8. The molecule has 3 aromatic carbocycles. The van der Waals surface area contributed by atoms with Gasteiger partial charge in [-0.3, -0.25) is 0 Å². The topological polar surface area (TPSA) is 3.24 Å². The van der Waals surface area contributed by atoms with Gasteiger partial charge in [0.2, 0.25) is 0 Å². The van der Waals surface area contributed by atoms with Crippen molar-refractivity contribution >= 4 is 41.0 Å². The molecule has 0 saturated heterocycles. The fourth-order valence-electron chi connectivity index (χ4n) is 3.18. The Bertz CT molecular complexity index is 931. The fourth-order valence-corrected chi connectivity index (χ4v) is 4.95. The maximum absolute atomic E-state index is 3.85. The molecule has 26 heavy (non-hydrogen) atoms. The van der Waals surface area contributed by atoms with Gasteiger partial charge in [0.25, 0.3) is 0 Å². The van der Waals surface area contributed by atoms with Gasteiger partial charge in [-0.25, -0.2) is 0 Å². The number of hydrogen-bond donors (Lipinski definition) is 0. The van der Waals surface area contributed by atoms with Crippen LogP contribution < -0.4 is 4.90 Å². The lowest BCUT2D eigenvalue weighted by Gasteiger charge is -2.33. The van der Waals surface area contributed by atoms with Gasteiger partial charge in [-0.05, 0) is 47.2 Å². The van der Waals surface area contributed by atoms with Crippen LogP contribution in [0.15, 0.2) is 88.0 Å². The van der Waals surface area contributed by atoms with E-state index in [2.05, 4.69) is 85.1 Å². The van der Waals surface area contributed by atoms with Crippen molar-refractivity contribution in [2.24, 2.45) is 0 Å². The van der Waals surface area contributed by atoms with Gasteiger partial charge in [0.15, 0.2) is 0 Å². The van der Waals surface area contributed by atoms with Crippen molar-refractivity contribution in [2.75, 3.05) is 10.7 Å². The molecule has 130 valence electrons. The Kier molecular flexibility index (Phi) is 5.09. The molecule has 0 atom stereocenters. The molecule has 0 radical (unpaired) electrons. The molecule has 3 heteroatoms. The lowest BCUT2D eigenvalue weighted by atomic mass is 10.1. The number of thioether (sulfide) groups is 1. The summed E-state index contributed by atoms with van der Waals surface area (Å²) in [6.07, 6.45) is 1.89. The van der Waals surface area contributed by atoms with Crippen molar-refractivity contribution < 1.29 is 0 Å². The van der Waals surface area contributed by atoms with Gasteiger partial charge in [0.05, 0.1) is 11.4 Å². The van der Waals surface area contributed by atoms with Gasteiger partial charge >= 0.3 is 0 Å². The highest BCUT2D eigenvalue weighted by atomic mass is 32.2. The Morgan fingerprint density at radius 2 is 1.73 bits per heavy atom. The summed E-state index contributed by atoms with van der Waals surface area (Å²) < 4.78 is 0. The first-order valence-electron chi connectivity index (χ1n) is 8.81. The average molecular weight is 376 g/mol. The predicted octanol–water partition coefficient (Wildman–Crippen LogP) is 7.24. The number of rotatable bonds is 5. The Hall–Kier alpha value is -2.10. The maximum Gasteiger partial charge on any atom is 0.0567 e. The van der Waals surface area contributed by atoms with E-state index in [-0.39, 0.29) is 0 Å². The van der Waals surface area contributed by atoms with Gasteiger partial charge in [0.1, 0.15) is 0 Å². The van der Waals surface area contributed by atoms with Crippen molar-refractivity contribution in [2.45, 2.75) is 28.2 Å². The van der Waals surface area contributed by atoms with Crippen LogP contribution in [0.4, 0.5) is 11.4 Å². The highest BCUT2D eigenvalue weighted by Crippen LogP contribution is 2.49. The van der Waals surface area contributed by atoms with E-state index in [1.54, 1.807) is 0 Å². The van der Waals surface area contributed by atoms with Gasteiger partial charge in [-0.1, -0.05) is 67.7 Å². The van der Waals surface area contributed by atoms with Gasteiger partial charge in [0, 0.05) is 21.2 Å². The molecule has 1 nitrogen and oxygen atoms in total. The summed E-state index contributed by atoms with van der Waals surface area (Å²) in [6, 6.07) is 24.2. The second-order valence-electron chi connectivity index (χ2n) is 6.16. The highest BCUT2D eigenvalue weighted by Gasteiger charge is 2.23. The molecule has 0 unspecified atom stereocenters. The first kappa shape index (κ1) is 17.3. The van der Waals surface area contributed by atoms with Crippen molar-refractivity contribution in [3.05, 3.63) is 84.4 Å². The maximum atomic E-state index is 3.85. The standard InChI is InChI=1S/C23H21NS2/c1-3-17-9-11-18(12-10-17)16-24-20-7-5-6-8-22(20)26-23-14-13-19(25-4-2)15-21(23)24/h3,5-15H,1,4,16H2,2H3. The number of para-hydroxylation sites is 1. The third-order valence-electron chi connectivity index (χ3n) is 4.46. The molecule has 0 amide bonds. The third kappa shape index (κ3) is 3.42. The Labute approximate surface area is 164 Å². The summed E-state index contributed by atoms with van der Waals surface area (Å²) in [7, 11) is 0. The van der Waals surface area contributed by atoms with Crippen LogP contribution in [0.3, 0.4) is 0 Å². The molecule has 3 aromatic rings. The zero-order valence-electron chi connectivity index (χ0n) is 14.8. The van der Waals surface area contributed by atoms with Gasteiger partial charge in [-0.15, -0.1) is 11.8 Å². The van der Waals surface area contributed by atoms with Crippen LogP contribution in [-0.2, 0) is 6.54 Å².